The number of rotatable bonds is 6. The molecule has 2 heterocycles. The van der Waals surface area contributed by atoms with E-state index in [0.717, 1.165) is 30.8 Å². The molecule has 0 aromatic heterocycles. The van der Waals surface area contributed by atoms with E-state index in [2.05, 4.69) is 28.0 Å². The molecule has 0 bridgehead atoms. The summed E-state index contributed by atoms with van der Waals surface area (Å²) in [6, 6.07) is 0. The molecule has 0 aromatic carbocycles. The third-order valence-corrected chi connectivity index (χ3v) is 3.73. The van der Waals surface area contributed by atoms with Gasteiger partial charge in [-0.15, -0.1) is 0 Å². The summed E-state index contributed by atoms with van der Waals surface area (Å²) in [5, 5.41) is 0. The van der Waals surface area contributed by atoms with Gasteiger partial charge in [0.05, 0.1) is 6.61 Å². The zero-order valence-corrected chi connectivity index (χ0v) is 12.7. The van der Waals surface area contributed by atoms with Gasteiger partial charge in [0, 0.05) is 25.9 Å². The van der Waals surface area contributed by atoms with Crippen LogP contribution in [0, 0.1) is 0 Å². The number of nitrogens with zero attached hydrogens (tertiary/aromatic N) is 3. The minimum atomic E-state index is -2.59. The molecule has 0 N–H and O–H groups in total. The number of likely N-dealkylation sites (N-methyl/N-ethyl adjacent to an activating group) is 1. The Bertz CT molecular complexity index is 458. The van der Waals surface area contributed by atoms with Gasteiger partial charge in [-0.05, 0) is 25.5 Å². The molecule has 0 unspecified atom stereocenters. The van der Waals surface area contributed by atoms with Crippen molar-refractivity contribution in [3.63, 3.8) is 0 Å². The van der Waals surface area contributed by atoms with E-state index < -0.39 is 5.92 Å². The van der Waals surface area contributed by atoms with Gasteiger partial charge in [0.1, 0.15) is 12.4 Å². The van der Waals surface area contributed by atoms with Crippen LogP contribution in [-0.4, -0.2) is 55.8 Å². The molecular weight excluding hydrogens is 276 g/mol. The highest BCUT2D eigenvalue weighted by molar-refractivity contribution is 6.46. The Kier molecular flexibility index (Phi) is 5.45. The molecule has 0 spiro atoms. The third-order valence-electron chi connectivity index (χ3n) is 3.73. The Labute approximate surface area is 124 Å². The number of halogens is 2. The number of hydrogen-bond acceptors (Lipinski definition) is 4. The lowest BCUT2D eigenvalue weighted by molar-refractivity contribution is -0.0161. The maximum atomic E-state index is 13.1. The van der Waals surface area contributed by atoms with Gasteiger partial charge in [-0.25, -0.2) is 13.8 Å². The second-order valence-electron chi connectivity index (χ2n) is 5.53. The van der Waals surface area contributed by atoms with Gasteiger partial charge < -0.3 is 9.64 Å². The summed E-state index contributed by atoms with van der Waals surface area (Å²) in [5.74, 6) is -2.08. The molecule has 0 amide bonds. The largest absolute Gasteiger partial charge is 0.476 e. The van der Waals surface area contributed by atoms with Crippen LogP contribution in [0.15, 0.2) is 21.6 Å². The van der Waals surface area contributed by atoms with Gasteiger partial charge >= 0.3 is 0 Å². The first-order chi connectivity index (χ1) is 10.0. The van der Waals surface area contributed by atoms with E-state index in [1.165, 1.54) is 6.92 Å². The highest BCUT2D eigenvalue weighted by Crippen LogP contribution is 2.24. The fourth-order valence-electron chi connectivity index (χ4n) is 2.41. The Morgan fingerprint density at radius 1 is 1.38 bits per heavy atom. The predicted molar refractivity (Wildman–Crippen MR) is 80.4 cm³/mol. The van der Waals surface area contributed by atoms with Crippen LogP contribution in [0.3, 0.4) is 0 Å². The molecule has 2 rings (SSSR count). The van der Waals surface area contributed by atoms with Gasteiger partial charge in [-0.1, -0.05) is 13.0 Å². The fraction of sp³-hybridized carbons (Fsp3) is 0.733. The SMILES string of the molecule is CCC(F)(F)CCCOC1=NCN=C1C1=CCCN(C)C1. The lowest BCUT2D eigenvalue weighted by atomic mass is 10.1. The maximum Gasteiger partial charge on any atom is 0.248 e. The van der Waals surface area contributed by atoms with Crippen molar-refractivity contribution in [1.82, 2.24) is 4.90 Å². The van der Waals surface area contributed by atoms with E-state index in [1.807, 2.05) is 0 Å². The van der Waals surface area contributed by atoms with Crippen LogP contribution in [0.2, 0.25) is 0 Å². The first kappa shape index (κ1) is 16.1. The Hall–Kier alpha value is -1.30. The quantitative estimate of drug-likeness (QED) is 0.707. The second kappa shape index (κ2) is 7.11. The summed E-state index contributed by atoms with van der Waals surface area (Å²) < 4.78 is 31.9. The molecule has 0 aromatic rings. The average Bonchev–Trinajstić information content (AvgIpc) is 2.92. The van der Waals surface area contributed by atoms with Crippen LogP contribution in [-0.2, 0) is 4.74 Å². The van der Waals surface area contributed by atoms with Crippen LogP contribution >= 0.6 is 0 Å². The second-order valence-corrected chi connectivity index (χ2v) is 5.53. The summed E-state index contributed by atoms with van der Waals surface area (Å²) in [4.78, 5) is 10.8. The van der Waals surface area contributed by atoms with Crippen LogP contribution in [0.4, 0.5) is 8.78 Å². The molecule has 0 atom stereocenters. The monoisotopic (exact) mass is 299 g/mol. The van der Waals surface area contributed by atoms with E-state index in [0.29, 0.717) is 19.0 Å². The van der Waals surface area contributed by atoms with Crippen LogP contribution in [0.1, 0.15) is 32.6 Å². The molecule has 0 fully saturated rings. The van der Waals surface area contributed by atoms with Crippen molar-refractivity contribution in [3.05, 3.63) is 11.6 Å². The van der Waals surface area contributed by atoms with Crippen molar-refractivity contribution < 1.29 is 13.5 Å². The zero-order valence-electron chi connectivity index (χ0n) is 12.7. The van der Waals surface area contributed by atoms with Gasteiger partial charge in [-0.3, -0.25) is 4.99 Å². The molecule has 4 nitrogen and oxygen atoms in total. The third kappa shape index (κ3) is 4.59. The Balaban J connectivity index is 1.81. The Morgan fingerprint density at radius 3 is 2.90 bits per heavy atom. The molecule has 0 saturated carbocycles. The van der Waals surface area contributed by atoms with E-state index >= 15 is 0 Å². The zero-order chi connectivity index (χ0) is 15.3. The summed E-state index contributed by atoms with van der Waals surface area (Å²) in [5.41, 5.74) is 1.92. The van der Waals surface area contributed by atoms with Crippen molar-refractivity contribution in [2.24, 2.45) is 9.98 Å². The van der Waals surface area contributed by atoms with Crippen molar-refractivity contribution in [3.8, 4) is 0 Å². The molecule has 118 valence electrons. The first-order valence-electron chi connectivity index (χ1n) is 7.49. The van der Waals surface area contributed by atoms with E-state index in [1.54, 1.807) is 0 Å². The maximum absolute atomic E-state index is 13.1. The van der Waals surface area contributed by atoms with Crippen molar-refractivity contribution >= 4 is 11.6 Å². The van der Waals surface area contributed by atoms with Crippen molar-refractivity contribution in [1.29, 1.82) is 0 Å². The van der Waals surface area contributed by atoms with Gasteiger partial charge in [0.15, 0.2) is 0 Å². The first-order valence-corrected chi connectivity index (χ1v) is 7.49. The van der Waals surface area contributed by atoms with Gasteiger partial charge in [0.25, 0.3) is 0 Å². The van der Waals surface area contributed by atoms with Crippen LogP contribution in [0.25, 0.3) is 0 Å². The molecule has 6 heteroatoms. The molecule has 0 aliphatic carbocycles. The van der Waals surface area contributed by atoms with Crippen molar-refractivity contribution in [2.45, 2.75) is 38.5 Å². The number of alkyl halides is 2. The number of ether oxygens (including phenoxy) is 1. The van der Waals surface area contributed by atoms with E-state index in [9.17, 15) is 8.78 Å². The minimum absolute atomic E-state index is 0.125. The number of aliphatic imine (C=N–C) groups is 2. The standard InChI is InChI=1S/C15H23F2N3O/c1-3-15(16,17)7-5-9-21-14-13(18-11-19-14)12-6-4-8-20(2)10-12/h6H,3-5,7-11H2,1-2H3. The van der Waals surface area contributed by atoms with Crippen LogP contribution < -0.4 is 0 Å². The average molecular weight is 299 g/mol. The highest BCUT2D eigenvalue weighted by atomic mass is 19.3. The van der Waals surface area contributed by atoms with Crippen molar-refractivity contribution in [2.75, 3.05) is 33.4 Å². The summed E-state index contributed by atoms with van der Waals surface area (Å²) in [6.45, 7) is 4.00. The van der Waals surface area contributed by atoms with Gasteiger partial charge in [-0.2, -0.15) is 0 Å². The number of hydrogen-bond donors (Lipinski definition) is 0. The fourth-order valence-corrected chi connectivity index (χ4v) is 2.41. The summed E-state index contributed by atoms with van der Waals surface area (Å²) >= 11 is 0. The topological polar surface area (TPSA) is 37.2 Å². The normalized spacial score (nSPS) is 20.1. The lowest BCUT2D eigenvalue weighted by Crippen LogP contribution is -2.31. The summed E-state index contributed by atoms with van der Waals surface area (Å²) in [7, 11) is 2.06. The molecule has 2 aliphatic rings. The van der Waals surface area contributed by atoms with E-state index in [4.69, 9.17) is 4.74 Å². The lowest BCUT2D eigenvalue weighted by Gasteiger charge is -2.23. The molecule has 0 radical (unpaired) electrons. The molecular formula is C15H23F2N3O. The van der Waals surface area contributed by atoms with E-state index in [-0.39, 0.29) is 19.4 Å². The smallest absolute Gasteiger partial charge is 0.248 e. The molecule has 21 heavy (non-hydrogen) atoms. The molecule has 2 aliphatic heterocycles. The Morgan fingerprint density at radius 2 is 2.19 bits per heavy atom. The molecule has 0 saturated heterocycles. The minimum Gasteiger partial charge on any atom is -0.476 e. The summed E-state index contributed by atoms with van der Waals surface area (Å²) in [6.07, 6.45) is 3.20. The van der Waals surface area contributed by atoms with Gasteiger partial charge in [0.2, 0.25) is 11.8 Å². The highest BCUT2D eigenvalue weighted by Gasteiger charge is 2.26. The van der Waals surface area contributed by atoms with Crippen LogP contribution in [0.5, 0.6) is 0 Å². The predicted octanol–water partition coefficient (Wildman–Crippen LogP) is 2.90.